The average molecular weight is 229 g/mol. The number of nitrogens with zero attached hydrogens (tertiary/aromatic N) is 1. The molecule has 0 fully saturated rings. The molecule has 0 radical (unpaired) electrons. The van der Waals surface area contributed by atoms with Crippen LogP contribution in [-0.4, -0.2) is 12.1 Å². The van der Waals surface area contributed by atoms with Gasteiger partial charge in [-0.15, -0.1) is 0 Å². The van der Waals surface area contributed by atoms with E-state index in [1.807, 2.05) is 37.3 Å². The number of benzene rings is 1. The summed E-state index contributed by atoms with van der Waals surface area (Å²) in [6.07, 6.45) is 1.74. The highest BCUT2D eigenvalue weighted by molar-refractivity contribution is 5.73. The molecule has 0 unspecified atom stereocenters. The van der Waals surface area contributed by atoms with E-state index in [1.165, 1.54) is 0 Å². The molecule has 0 aliphatic heterocycles. The number of anilines is 3. The molecule has 0 saturated heterocycles. The van der Waals surface area contributed by atoms with E-state index < -0.39 is 0 Å². The lowest BCUT2D eigenvalue weighted by molar-refractivity contribution is 0.397. The van der Waals surface area contributed by atoms with Gasteiger partial charge < -0.3 is 15.8 Å². The molecule has 0 bridgehead atoms. The highest BCUT2D eigenvalue weighted by Gasteiger charge is 2.03. The largest absolute Gasteiger partial charge is 0.481 e. The van der Waals surface area contributed by atoms with Crippen LogP contribution in [0.25, 0.3) is 0 Å². The number of nitrogens with one attached hydrogen (secondary N) is 1. The van der Waals surface area contributed by atoms with Gasteiger partial charge in [0.25, 0.3) is 0 Å². The van der Waals surface area contributed by atoms with E-state index in [-0.39, 0.29) is 0 Å². The van der Waals surface area contributed by atoms with Crippen molar-refractivity contribution >= 4 is 17.1 Å². The molecule has 17 heavy (non-hydrogen) atoms. The number of nitrogens with two attached hydrogens (primary N) is 1. The van der Waals surface area contributed by atoms with Crippen molar-refractivity contribution in [2.45, 2.75) is 6.92 Å². The first-order valence-corrected chi connectivity index (χ1v) is 5.33. The van der Waals surface area contributed by atoms with Crippen molar-refractivity contribution in [3.8, 4) is 5.88 Å². The van der Waals surface area contributed by atoms with Gasteiger partial charge in [0, 0.05) is 6.07 Å². The number of rotatable bonds is 3. The Labute approximate surface area is 100 Å². The SMILES string of the molecule is COc1cc(C)c(Nc2ccccc2N)cn1. The number of hydrogen-bond acceptors (Lipinski definition) is 4. The van der Waals surface area contributed by atoms with Crippen LogP contribution >= 0.6 is 0 Å². The highest BCUT2D eigenvalue weighted by Crippen LogP contribution is 2.25. The fourth-order valence-electron chi connectivity index (χ4n) is 1.53. The molecule has 2 aromatic rings. The second-order valence-electron chi connectivity index (χ2n) is 3.75. The number of aromatic nitrogens is 1. The monoisotopic (exact) mass is 229 g/mol. The van der Waals surface area contributed by atoms with Crippen LogP contribution in [0.3, 0.4) is 0 Å². The lowest BCUT2D eigenvalue weighted by Gasteiger charge is -2.11. The molecule has 3 N–H and O–H groups in total. The number of para-hydroxylation sites is 2. The fraction of sp³-hybridized carbons (Fsp3) is 0.154. The summed E-state index contributed by atoms with van der Waals surface area (Å²) in [7, 11) is 1.60. The highest BCUT2D eigenvalue weighted by atomic mass is 16.5. The third kappa shape index (κ3) is 2.47. The molecule has 0 aliphatic carbocycles. The molecule has 1 heterocycles. The van der Waals surface area contributed by atoms with Gasteiger partial charge in [-0.25, -0.2) is 4.98 Å². The summed E-state index contributed by atoms with van der Waals surface area (Å²) in [5.74, 6) is 0.606. The zero-order valence-electron chi connectivity index (χ0n) is 9.90. The molecule has 0 atom stereocenters. The summed E-state index contributed by atoms with van der Waals surface area (Å²) < 4.78 is 5.06. The van der Waals surface area contributed by atoms with E-state index in [0.717, 1.165) is 16.9 Å². The van der Waals surface area contributed by atoms with Crippen molar-refractivity contribution in [3.05, 3.63) is 42.1 Å². The molecule has 88 valence electrons. The van der Waals surface area contributed by atoms with Gasteiger partial charge in [0.2, 0.25) is 5.88 Å². The quantitative estimate of drug-likeness (QED) is 0.794. The van der Waals surface area contributed by atoms with Crippen LogP contribution in [-0.2, 0) is 0 Å². The van der Waals surface area contributed by atoms with Crippen molar-refractivity contribution in [2.75, 3.05) is 18.2 Å². The molecule has 1 aromatic heterocycles. The van der Waals surface area contributed by atoms with Gasteiger partial charge in [0.1, 0.15) is 0 Å². The van der Waals surface area contributed by atoms with E-state index in [1.54, 1.807) is 13.3 Å². The number of nitrogen functional groups attached to an aromatic ring is 1. The van der Waals surface area contributed by atoms with Crippen molar-refractivity contribution in [2.24, 2.45) is 0 Å². The molecule has 0 amide bonds. The normalized spacial score (nSPS) is 10.0. The predicted molar refractivity (Wildman–Crippen MR) is 69.7 cm³/mol. The summed E-state index contributed by atoms with van der Waals surface area (Å²) in [4.78, 5) is 4.16. The second-order valence-corrected chi connectivity index (χ2v) is 3.75. The number of ether oxygens (including phenoxy) is 1. The van der Waals surface area contributed by atoms with Crippen LogP contribution < -0.4 is 15.8 Å². The minimum atomic E-state index is 0.606. The summed E-state index contributed by atoms with van der Waals surface area (Å²) >= 11 is 0. The topological polar surface area (TPSA) is 60.2 Å². The van der Waals surface area contributed by atoms with Crippen molar-refractivity contribution in [1.82, 2.24) is 4.98 Å². The van der Waals surface area contributed by atoms with Crippen LogP contribution in [0.15, 0.2) is 36.5 Å². The molecule has 4 nitrogen and oxygen atoms in total. The number of methoxy groups -OCH3 is 1. The zero-order chi connectivity index (χ0) is 12.3. The Morgan fingerprint density at radius 2 is 2.00 bits per heavy atom. The maximum absolute atomic E-state index is 5.87. The standard InChI is InChI=1S/C13H15N3O/c1-9-7-13(17-2)15-8-12(9)16-11-6-4-3-5-10(11)14/h3-8,16H,14H2,1-2H3. The molecule has 0 saturated carbocycles. The van der Waals surface area contributed by atoms with Crippen LogP contribution in [0.4, 0.5) is 17.1 Å². The van der Waals surface area contributed by atoms with Gasteiger partial charge in [-0.3, -0.25) is 0 Å². The van der Waals surface area contributed by atoms with E-state index in [4.69, 9.17) is 10.5 Å². The lowest BCUT2D eigenvalue weighted by atomic mass is 10.2. The van der Waals surface area contributed by atoms with Crippen molar-refractivity contribution < 1.29 is 4.74 Å². The molecule has 0 aliphatic rings. The van der Waals surface area contributed by atoms with E-state index in [0.29, 0.717) is 11.6 Å². The van der Waals surface area contributed by atoms with Gasteiger partial charge in [0.05, 0.1) is 30.4 Å². The van der Waals surface area contributed by atoms with Gasteiger partial charge >= 0.3 is 0 Å². The van der Waals surface area contributed by atoms with E-state index >= 15 is 0 Å². The van der Waals surface area contributed by atoms with Gasteiger partial charge in [-0.2, -0.15) is 0 Å². The first kappa shape index (κ1) is 11.3. The molecule has 2 rings (SSSR count). The Morgan fingerprint density at radius 3 is 2.65 bits per heavy atom. The second kappa shape index (κ2) is 4.74. The fourth-order valence-corrected chi connectivity index (χ4v) is 1.53. The Hall–Kier alpha value is -2.23. The molecular formula is C13H15N3O. The van der Waals surface area contributed by atoms with E-state index in [9.17, 15) is 0 Å². The van der Waals surface area contributed by atoms with Crippen LogP contribution in [0.1, 0.15) is 5.56 Å². The van der Waals surface area contributed by atoms with Crippen LogP contribution in [0.2, 0.25) is 0 Å². The summed E-state index contributed by atoms with van der Waals surface area (Å²) in [6.45, 7) is 1.99. The Morgan fingerprint density at radius 1 is 1.24 bits per heavy atom. The average Bonchev–Trinajstić information content (AvgIpc) is 2.34. The van der Waals surface area contributed by atoms with Gasteiger partial charge in [0.15, 0.2) is 0 Å². The molecular weight excluding hydrogens is 214 g/mol. The smallest absolute Gasteiger partial charge is 0.213 e. The first-order valence-electron chi connectivity index (χ1n) is 5.33. The molecule has 4 heteroatoms. The van der Waals surface area contributed by atoms with Crippen LogP contribution in [0, 0.1) is 6.92 Å². The predicted octanol–water partition coefficient (Wildman–Crippen LogP) is 2.72. The summed E-state index contributed by atoms with van der Waals surface area (Å²) in [5.41, 5.74) is 9.43. The molecule has 1 aromatic carbocycles. The maximum atomic E-state index is 5.87. The number of pyridine rings is 1. The summed E-state index contributed by atoms with van der Waals surface area (Å²) in [6, 6.07) is 9.50. The van der Waals surface area contributed by atoms with Crippen molar-refractivity contribution in [1.29, 1.82) is 0 Å². The third-order valence-electron chi connectivity index (χ3n) is 2.52. The minimum Gasteiger partial charge on any atom is -0.481 e. The maximum Gasteiger partial charge on any atom is 0.213 e. The van der Waals surface area contributed by atoms with Crippen molar-refractivity contribution in [3.63, 3.8) is 0 Å². The number of hydrogen-bond donors (Lipinski definition) is 2. The van der Waals surface area contributed by atoms with Gasteiger partial charge in [-0.05, 0) is 24.6 Å². The first-order chi connectivity index (χ1) is 8.20. The Balaban J connectivity index is 2.28. The molecule has 0 spiro atoms. The summed E-state index contributed by atoms with van der Waals surface area (Å²) in [5, 5.41) is 3.25. The third-order valence-corrected chi connectivity index (χ3v) is 2.52. The van der Waals surface area contributed by atoms with Gasteiger partial charge in [-0.1, -0.05) is 12.1 Å². The van der Waals surface area contributed by atoms with E-state index in [2.05, 4.69) is 10.3 Å². The Kier molecular flexibility index (Phi) is 3.14. The zero-order valence-corrected chi connectivity index (χ0v) is 9.90. The minimum absolute atomic E-state index is 0.606. The lowest BCUT2D eigenvalue weighted by Crippen LogP contribution is -1.99. The number of aryl methyl sites for hydroxylation is 1. The van der Waals surface area contributed by atoms with Crippen LogP contribution in [0.5, 0.6) is 5.88 Å². The Bertz CT molecular complexity index is 526.